The Morgan fingerprint density at radius 2 is 1.86 bits per heavy atom. The van der Waals surface area contributed by atoms with Crippen molar-refractivity contribution in [1.82, 2.24) is 29.9 Å². The van der Waals surface area contributed by atoms with Crippen LogP contribution in [-0.2, 0) is 6.54 Å². The minimum atomic E-state index is -0.257. The lowest BCUT2D eigenvalue weighted by atomic mass is 10.1. The van der Waals surface area contributed by atoms with Crippen LogP contribution in [0.15, 0.2) is 73.4 Å². The normalized spacial score (nSPS) is 12.2. The van der Waals surface area contributed by atoms with Gasteiger partial charge in [0.25, 0.3) is 0 Å². The summed E-state index contributed by atoms with van der Waals surface area (Å²) in [7, 11) is 0. The van der Waals surface area contributed by atoms with E-state index in [0.717, 1.165) is 29.1 Å². The summed E-state index contributed by atoms with van der Waals surface area (Å²) in [6.07, 6.45) is 5.26. The van der Waals surface area contributed by atoms with Crippen molar-refractivity contribution in [3.63, 3.8) is 0 Å². The number of nitrogens with zero attached hydrogens (tertiary/aromatic N) is 5. The van der Waals surface area contributed by atoms with Crippen molar-refractivity contribution in [2.24, 2.45) is 0 Å². The first kappa shape index (κ1) is 18.1. The summed E-state index contributed by atoms with van der Waals surface area (Å²) in [5, 5.41) is 12.4. The van der Waals surface area contributed by atoms with Crippen molar-refractivity contribution in [3.8, 4) is 16.9 Å². The van der Waals surface area contributed by atoms with E-state index in [4.69, 9.17) is 5.10 Å². The number of benzene rings is 2. The molecule has 0 saturated carbocycles. The summed E-state index contributed by atoms with van der Waals surface area (Å²) in [6, 6.07) is 16.6. The van der Waals surface area contributed by atoms with E-state index in [9.17, 15) is 4.39 Å². The number of aromatic nitrogens is 5. The topological polar surface area (TPSA) is 60.6 Å². The Labute approximate surface area is 162 Å². The first-order valence-corrected chi connectivity index (χ1v) is 9.15. The summed E-state index contributed by atoms with van der Waals surface area (Å²) in [6.45, 7) is 3.46. The minimum Gasteiger partial charge on any atom is -0.310 e. The molecule has 142 valence electrons. The van der Waals surface area contributed by atoms with Crippen LogP contribution < -0.4 is 5.32 Å². The summed E-state index contributed by atoms with van der Waals surface area (Å²) in [4.78, 5) is 3.99. The molecule has 1 unspecified atom stereocenters. The molecule has 1 atom stereocenters. The van der Waals surface area contributed by atoms with Gasteiger partial charge >= 0.3 is 0 Å². The van der Waals surface area contributed by atoms with Crippen molar-refractivity contribution in [2.45, 2.75) is 19.5 Å². The Balaban J connectivity index is 1.57. The first-order valence-electron chi connectivity index (χ1n) is 9.15. The predicted molar refractivity (Wildman–Crippen MR) is 105 cm³/mol. The van der Waals surface area contributed by atoms with Crippen LogP contribution in [0.25, 0.3) is 16.9 Å². The third-order valence-corrected chi connectivity index (χ3v) is 4.57. The molecule has 2 aromatic carbocycles. The second kappa shape index (κ2) is 8.14. The van der Waals surface area contributed by atoms with Gasteiger partial charge in [-0.3, -0.25) is 0 Å². The van der Waals surface area contributed by atoms with Crippen LogP contribution in [0.3, 0.4) is 0 Å². The lowest BCUT2D eigenvalue weighted by Crippen LogP contribution is -2.23. The average Bonchev–Trinajstić information content (AvgIpc) is 3.40. The van der Waals surface area contributed by atoms with Gasteiger partial charge in [0.1, 0.15) is 18.5 Å². The van der Waals surface area contributed by atoms with E-state index < -0.39 is 0 Å². The second-order valence-electron chi connectivity index (χ2n) is 6.65. The Hall–Kier alpha value is -3.32. The van der Waals surface area contributed by atoms with Crippen LogP contribution in [0.4, 0.5) is 4.39 Å². The maximum atomic E-state index is 13.3. The molecule has 1 N–H and O–H groups in total. The Kier molecular flexibility index (Phi) is 5.25. The van der Waals surface area contributed by atoms with Crippen molar-refractivity contribution in [2.75, 3.05) is 6.54 Å². The molecular formula is C21H21FN6. The smallest absolute Gasteiger partial charge is 0.137 e. The minimum absolute atomic E-state index is 0.181. The Morgan fingerprint density at radius 1 is 1.07 bits per heavy atom. The molecule has 0 saturated heterocycles. The predicted octanol–water partition coefficient (Wildman–Crippen LogP) is 3.62. The molecule has 7 heteroatoms. The summed E-state index contributed by atoms with van der Waals surface area (Å²) >= 11 is 0. The van der Waals surface area contributed by atoms with Crippen LogP contribution in [0.2, 0.25) is 0 Å². The zero-order valence-corrected chi connectivity index (χ0v) is 15.5. The van der Waals surface area contributed by atoms with Crippen molar-refractivity contribution >= 4 is 0 Å². The molecule has 0 aliphatic rings. The first-order chi connectivity index (χ1) is 13.7. The second-order valence-corrected chi connectivity index (χ2v) is 6.65. The van der Waals surface area contributed by atoms with E-state index in [1.807, 2.05) is 45.9 Å². The van der Waals surface area contributed by atoms with Crippen LogP contribution in [-0.4, -0.2) is 31.1 Å². The zero-order chi connectivity index (χ0) is 19.3. The summed E-state index contributed by atoms with van der Waals surface area (Å²) in [5.41, 5.74) is 3.75. The fourth-order valence-corrected chi connectivity index (χ4v) is 3.06. The molecule has 28 heavy (non-hydrogen) atoms. The molecule has 4 aromatic rings. The van der Waals surface area contributed by atoms with Gasteiger partial charge in [-0.15, -0.1) is 0 Å². The zero-order valence-electron chi connectivity index (χ0n) is 15.5. The highest BCUT2D eigenvalue weighted by molar-refractivity contribution is 5.63. The van der Waals surface area contributed by atoms with Crippen molar-refractivity contribution in [1.29, 1.82) is 0 Å². The molecule has 0 radical (unpaired) electrons. The fourth-order valence-electron chi connectivity index (χ4n) is 3.06. The van der Waals surface area contributed by atoms with Gasteiger partial charge in [0.15, 0.2) is 0 Å². The fraction of sp³-hybridized carbons (Fsp3) is 0.190. The van der Waals surface area contributed by atoms with E-state index >= 15 is 0 Å². The number of para-hydroxylation sites is 1. The van der Waals surface area contributed by atoms with Gasteiger partial charge in [-0.2, -0.15) is 10.2 Å². The monoisotopic (exact) mass is 376 g/mol. The lowest BCUT2D eigenvalue weighted by Gasteiger charge is -2.12. The average molecular weight is 376 g/mol. The molecular weight excluding hydrogens is 355 g/mol. The highest BCUT2D eigenvalue weighted by atomic mass is 19.1. The highest BCUT2D eigenvalue weighted by Crippen LogP contribution is 2.24. The molecule has 0 amide bonds. The van der Waals surface area contributed by atoms with Gasteiger partial charge in [0.2, 0.25) is 0 Å². The van der Waals surface area contributed by atoms with Crippen molar-refractivity contribution < 1.29 is 4.39 Å². The molecule has 6 nitrogen and oxygen atoms in total. The molecule has 0 spiro atoms. The Bertz CT molecular complexity index is 1010. The summed E-state index contributed by atoms with van der Waals surface area (Å²) < 4.78 is 17.0. The van der Waals surface area contributed by atoms with Gasteiger partial charge in [-0.05, 0) is 43.3 Å². The van der Waals surface area contributed by atoms with Gasteiger partial charge in [-0.1, -0.05) is 18.2 Å². The highest BCUT2D eigenvalue weighted by Gasteiger charge is 2.13. The Morgan fingerprint density at radius 3 is 2.57 bits per heavy atom. The van der Waals surface area contributed by atoms with Crippen LogP contribution >= 0.6 is 0 Å². The summed E-state index contributed by atoms with van der Waals surface area (Å²) in [5.74, 6) is -0.257. The van der Waals surface area contributed by atoms with E-state index in [1.165, 1.54) is 18.5 Å². The number of hydrogen-bond donors (Lipinski definition) is 1. The van der Waals surface area contributed by atoms with Crippen molar-refractivity contribution in [3.05, 3.63) is 84.8 Å². The third kappa shape index (κ3) is 3.99. The molecule has 0 fully saturated rings. The molecule has 0 bridgehead atoms. The van der Waals surface area contributed by atoms with Crippen LogP contribution in [0, 0.1) is 5.82 Å². The van der Waals surface area contributed by atoms with E-state index in [0.29, 0.717) is 6.54 Å². The molecule has 4 rings (SSSR count). The standard InChI is InChI=1S/C21H21FN6/c1-16(28-15-24-14-25-28)11-23-12-18-13-27(20-5-3-2-4-6-20)26-21(18)17-7-9-19(22)10-8-17/h2-10,13-16,23H,11-12H2,1H3. The third-order valence-electron chi connectivity index (χ3n) is 4.57. The molecule has 2 heterocycles. The largest absolute Gasteiger partial charge is 0.310 e. The number of rotatable bonds is 7. The maximum absolute atomic E-state index is 13.3. The van der Waals surface area contributed by atoms with E-state index in [2.05, 4.69) is 22.3 Å². The van der Waals surface area contributed by atoms with Crippen LogP contribution in [0.5, 0.6) is 0 Å². The molecule has 0 aliphatic carbocycles. The molecule has 2 aromatic heterocycles. The van der Waals surface area contributed by atoms with Gasteiger partial charge < -0.3 is 5.32 Å². The number of halogens is 1. The van der Waals surface area contributed by atoms with Crippen LogP contribution in [0.1, 0.15) is 18.5 Å². The van der Waals surface area contributed by atoms with E-state index in [1.54, 1.807) is 18.5 Å². The van der Waals surface area contributed by atoms with Gasteiger partial charge in [-0.25, -0.2) is 18.7 Å². The number of nitrogens with one attached hydrogen (secondary N) is 1. The lowest BCUT2D eigenvalue weighted by molar-refractivity contribution is 0.452. The SMILES string of the molecule is CC(CNCc1cn(-c2ccccc2)nc1-c1ccc(F)cc1)n1cncn1. The molecule has 0 aliphatic heterocycles. The maximum Gasteiger partial charge on any atom is 0.137 e. The quantitative estimate of drug-likeness (QED) is 0.535. The van der Waals surface area contributed by atoms with E-state index in [-0.39, 0.29) is 11.9 Å². The van der Waals surface area contributed by atoms with Gasteiger partial charge in [0.05, 0.1) is 17.4 Å². The van der Waals surface area contributed by atoms with Gasteiger partial charge in [0, 0.05) is 30.4 Å². The number of hydrogen-bond acceptors (Lipinski definition) is 4.